The Kier molecular flexibility index (Phi) is 5.13. The number of aryl methyl sites for hydroxylation is 2. The zero-order valence-electron chi connectivity index (χ0n) is 17.8. The fraction of sp³-hybridized carbons (Fsp3) is 0.333. The van der Waals surface area contributed by atoms with Crippen LogP contribution >= 0.6 is 0 Å². The number of ether oxygens (including phenoxy) is 1. The normalized spacial score (nSPS) is 19.8. The maximum absolute atomic E-state index is 13.4. The van der Waals surface area contributed by atoms with E-state index in [1.54, 1.807) is 43.3 Å². The van der Waals surface area contributed by atoms with Gasteiger partial charge in [-0.2, -0.15) is 0 Å². The van der Waals surface area contributed by atoms with Crippen molar-refractivity contribution in [1.82, 2.24) is 4.90 Å². The Hall–Kier alpha value is -3.48. The highest BCUT2D eigenvalue weighted by Crippen LogP contribution is 2.44. The summed E-state index contributed by atoms with van der Waals surface area (Å²) in [7, 11) is 0. The van der Waals surface area contributed by atoms with Gasteiger partial charge >= 0.3 is 5.97 Å². The lowest BCUT2D eigenvalue weighted by molar-refractivity contribution is -0.156. The molecule has 0 saturated carbocycles. The molecule has 0 aliphatic carbocycles. The standard InChI is InChI=1S/C24H24N2O5/c1-4-25-22(29)18-7-5-6-8-19(18)26-21(28)11-12-24(25,26)23(30)31-14-20(27)17-10-9-15(2)16(3)13-17/h5-10,13H,4,11-12,14H2,1-3H3/t24-/m1/s1. The zero-order valence-corrected chi connectivity index (χ0v) is 17.8. The van der Waals surface area contributed by atoms with Crippen molar-refractivity contribution in [2.24, 2.45) is 0 Å². The maximum atomic E-state index is 13.4. The third kappa shape index (κ3) is 3.12. The van der Waals surface area contributed by atoms with E-state index in [1.807, 2.05) is 19.9 Å². The molecule has 2 aromatic rings. The van der Waals surface area contributed by atoms with Gasteiger partial charge in [-0.15, -0.1) is 0 Å². The first-order valence-electron chi connectivity index (χ1n) is 10.3. The molecule has 2 aliphatic rings. The largest absolute Gasteiger partial charge is 0.454 e. The van der Waals surface area contributed by atoms with Crippen LogP contribution in [0.2, 0.25) is 0 Å². The summed E-state index contributed by atoms with van der Waals surface area (Å²) in [5.74, 6) is -1.69. The van der Waals surface area contributed by atoms with Crippen LogP contribution in [0.15, 0.2) is 42.5 Å². The van der Waals surface area contributed by atoms with E-state index in [4.69, 9.17) is 4.74 Å². The van der Waals surface area contributed by atoms with Gasteiger partial charge < -0.3 is 9.64 Å². The number of hydrogen-bond acceptors (Lipinski definition) is 5. The molecule has 0 unspecified atom stereocenters. The van der Waals surface area contributed by atoms with Gasteiger partial charge in [0.05, 0.1) is 11.3 Å². The first-order chi connectivity index (χ1) is 14.8. The summed E-state index contributed by atoms with van der Waals surface area (Å²) in [5.41, 5.74) is 1.68. The predicted octanol–water partition coefficient (Wildman–Crippen LogP) is 3.03. The highest BCUT2D eigenvalue weighted by atomic mass is 16.5. The number of amides is 2. The number of likely N-dealkylation sites (N-methyl/N-ethyl adjacent to an activating group) is 1. The van der Waals surface area contributed by atoms with Crippen LogP contribution in [0.5, 0.6) is 0 Å². The molecule has 4 rings (SSSR count). The average Bonchev–Trinajstić information content (AvgIpc) is 3.12. The minimum absolute atomic E-state index is 0.109. The van der Waals surface area contributed by atoms with E-state index >= 15 is 0 Å². The average molecular weight is 420 g/mol. The van der Waals surface area contributed by atoms with Gasteiger partial charge in [0.15, 0.2) is 12.4 Å². The Morgan fingerprint density at radius 3 is 2.52 bits per heavy atom. The second kappa shape index (κ2) is 7.65. The molecule has 2 aliphatic heterocycles. The van der Waals surface area contributed by atoms with Crippen molar-refractivity contribution in [3.8, 4) is 0 Å². The molecule has 0 aromatic heterocycles. The SMILES string of the molecule is CCN1C(=O)c2ccccc2N2C(=O)CC[C@@]12C(=O)OCC(=O)c1ccc(C)c(C)c1. The Balaban J connectivity index is 1.65. The lowest BCUT2D eigenvalue weighted by atomic mass is 9.96. The number of nitrogens with zero attached hydrogens (tertiary/aromatic N) is 2. The van der Waals surface area contributed by atoms with Crippen LogP contribution in [0.25, 0.3) is 0 Å². The van der Waals surface area contributed by atoms with Crippen LogP contribution in [0.4, 0.5) is 5.69 Å². The van der Waals surface area contributed by atoms with E-state index in [2.05, 4.69) is 0 Å². The van der Waals surface area contributed by atoms with Gasteiger partial charge in [0.25, 0.3) is 5.91 Å². The minimum atomic E-state index is -1.57. The lowest BCUT2D eigenvalue weighted by Gasteiger charge is -2.47. The molecular formula is C24H24N2O5. The van der Waals surface area contributed by atoms with Crippen molar-refractivity contribution in [2.75, 3.05) is 18.1 Å². The summed E-state index contributed by atoms with van der Waals surface area (Å²) in [5, 5.41) is 0. The zero-order chi connectivity index (χ0) is 22.3. The van der Waals surface area contributed by atoms with E-state index in [-0.39, 0.29) is 37.0 Å². The number of esters is 1. The van der Waals surface area contributed by atoms with Gasteiger partial charge in [0.1, 0.15) is 0 Å². The fourth-order valence-corrected chi connectivity index (χ4v) is 4.42. The van der Waals surface area contributed by atoms with Crippen molar-refractivity contribution >= 4 is 29.3 Å². The summed E-state index contributed by atoms with van der Waals surface area (Å²) in [4.78, 5) is 54.7. The van der Waals surface area contributed by atoms with Crippen molar-refractivity contribution in [3.05, 3.63) is 64.7 Å². The number of carbonyl (C=O) groups excluding carboxylic acids is 4. The van der Waals surface area contributed by atoms with Gasteiger partial charge in [-0.05, 0) is 50.1 Å². The first-order valence-corrected chi connectivity index (χ1v) is 10.3. The summed E-state index contributed by atoms with van der Waals surface area (Å²) >= 11 is 0. The molecule has 2 amide bonds. The van der Waals surface area contributed by atoms with Crippen LogP contribution in [-0.2, 0) is 14.3 Å². The molecule has 2 heterocycles. The Bertz CT molecular complexity index is 1110. The topological polar surface area (TPSA) is 84.0 Å². The lowest BCUT2D eigenvalue weighted by Crippen LogP contribution is -2.68. The second-order valence-corrected chi connectivity index (χ2v) is 7.91. The maximum Gasteiger partial charge on any atom is 0.354 e. The van der Waals surface area contributed by atoms with Gasteiger partial charge in [0.2, 0.25) is 11.6 Å². The number of Topliss-reactive ketones (excluding diaryl/α,β-unsaturated/α-hetero) is 1. The molecule has 0 spiro atoms. The van der Waals surface area contributed by atoms with Crippen molar-refractivity contribution < 1.29 is 23.9 Å². The highest BCUT2D eigenvalue weighted by molar-refractivity contribution is 6.15. The molecule has 1 saturated heterocycles. The molecule has 0 radical (unpaired) electrons. The van der Waals surface area contributed by atoms with E-state index in [9.17, 15) is 19.2 Å². The number of hydrogen-bond donors (Lipinski definition) is 0. The molecule has 1 atom stereocenters. The van der Waals surface area contributed by atoms with Crippen LogP contribution in [0, 0.1) is 13.8 Å². The molecule has 7 nitrogen and oxygen atoms in total. The molecular weight excluding hydrogens is 396 g/mol. The van der Waals surface area contributed by atoms with E-state index < -0.39 is 18.2 Å². The molecule has 160 valence electrons. The third-order valence-corrected chi connectivity index (χ3v) is 6.18. The predicted molar refractivity (Wildman–Crippen MR) is 114 cm³/mol. The first kappa shape index (κ1) is 20.8. The monoisotopic (exact) mass is 420 g/mol. The second-order valence-electron chi connectivity index (χ2n) is 7.91. The van der Waals surface area contributed by atoms with E-state index in [0.29, 0.717) is 16.8 Å². The number of carbonyl (C=O) groups is 4. The van der Waals surface area contributed by atoms with Gasteiger partial charge in [-0.1, -0.05) is 24.3 Å². The number of anilines is 1. The summed E-state index contributed by atoms with van der Waals surface area (Å²) in [6.45, 7) is 5.37. The van der Waals surface area contributed by atoms with Gasteiger partial charge in [-0.3, -0.25) is 19.3 Å². The Morgan fingerprint density at radius 2 is 1.81 bits per heavy atom. The summed E-state index contributed by atoms with van der Waals surface area (Å²) in [6, 6.07) is 12.0. The molecule has 2 aromatic carbocycles. The highest BCUT2D eigenvalue weighted by Gasteiger charge is 2.61. The number of benzene rings is 2. The fourth-order valence-electron chi connectivity index (χ4n) is 4.42. The third-order valence-electron chi connectivity index (χ3n) is 6.18. The molecule has 1 fully saturated rings. The number of ketones is 1. The Morgan fingerprint density at radius 1 is 1.06 bits per heavy atom. The van der Waals surface area contributed by atoms with E-state index in [1.165, 1.54) is 9.80 Å². The minimum Gasteiger partial charge on any atom is -0.454 e. The number of fused-ring (bicyclic) bond motifs is 3. The van der Waals surface area contributed by atoms with Crippen LogP contribution < -0.4 is 4.90 Å². The molecule has 31 heavy (non-hydrogen) atoms. The molecule has 0 bridgehead atoms. The van der Waals surface area contributed by atoms with Gasteiger partial charge in [-0.25, -0.2) is 4.79 Å². The molecule has 7 heteroatoms. The van der Waals surface area contributed by atoms with Crippen LogP contribution in [0.1, 0.15) is 51.6 Å². The van der Waals surface area contributed by atoms with Crippen molar-refractivity contribution in [1.29, 1.82) is 0 Å². The van der Waals surface area contributed by atoms with Crippen molar-refractivity contribution in [3.63, 3.8) is 0 Å². The number of rotatable bonds is 5. The number of para-hydroxylation sites is 1. The summed E-state index contributed by atoms with van der Waals surface area (Å²) in [6.07, 6.45) is 0.231. The van der Waals surface area contributed by atoms with Gasteiger partial charge in [0, 0.05) is 24.9 Å². The Labute approximate surface area is 180 Å². The molecule has 0 N–H and O–H groups in total. The van der Waals surface area contributed by atoms with Crippen LogP contribution in [0.3, 0.4) is 0 Å². The summed E-state index contributed by atoms with van der Waals surface area (Å²) < 4.78 is 5.44. The van der Waals surface area contributed by atoms with Crippen LogP contribution in [-0.4, -0.2) is 47.3 Å². The van der Waals surface area contributed by atoms with E-state index in [0.717, 1.165) is 11.1 Å². The van der Waals surface area contributed by atoms with Crippen molar-refractivity contribution in [2.45, 2.75) is 39.3 Å². The quantitative estimate of drug-likeness (QED) is 0.548. The smallest absolute Gasteiger partial charge is 0.354 e.